The highest BCUT2D eigenvalue weighted by Crippen LogP contribution is 2.23. The van der Waals surface area contributed by atoms with E-state index in [9.17, 15) is 14.4 Å². The Kier molecular flexibility index (Phi) is 4.88. The first-order valence-corrected chi connectivity index (χ1v) is 9.06. The van der Waals surface area contributed by atoms with Crippen LogP contribution in [0, 0.1) is 11.8 Å². The molecular weight excluding hydrogens is 334 g/mol. The Hall–Kier alpha value is -2.22. The van der Waals surface area contributed by atoms with Crippen LogP contribution in [0.4, 0.5) is 0 Å². The molecule has 0 N–H and O–H groups in total. The van der Waals surface area contributed by atoms with Gasteiger partial charge in [-0.25, -0.2) is 9.78 Å². The van der Waals surface area contributed by atoms with Gasteiger partial charge in [-0.05, 0) is 25.2 Å². The summed E-state index contributed by atoms with van der Waals surface area (Å²) < 4.78 is 4.12. The highest BCUT2D eigenvalue weighted by molar-refractivity contribution is 5.79. The van der Waals surface area contributed by atoms with E-state index in [0.717, 1.165) is 17.7 Å². The van der Waals surface area contributed by atoms with Gasteiger partial charge in [0.1, 0.15) is 11.6 Å². The highest BCUT2D eigenvalue weighted by atomic mass is 16.2. The third-order valence-electron chi connectivity index (χ3n) is 5.12. The van der Waals surface area contributed by atoms with Crippen molar-refractivity contribution in [2.75, 3.05) is 13.1 Å². The zero-order valence-corrected chi connectivity index (χ0v) is 16.2. The van der Waals surface area contributed by atoms with Crippen molar-refractivity contribution >= 4 is 16.9 Å². The lowest BCUT2D eigenvalue weighted by atomic mass is 9.92. The first kappa shape index (κ1) is 18.6. The van der Waals surface area contributed by atoms with E-state index in [-0.39, 0.29) is 12.3 Å². The van der Waals surface area contributed by atoms with Crippen molar-refractivity contribution in [3.8, 4) is 0 Å². The third kappa shape index (κ3) is 3.25. The van der Waals surface area contributed by atoms with Gasteiger partial charge >= 0.3 is 5.69 Å². The van der Waals surface area contributed by atoms with Gasteiger partial charge in [-0.1, -0.05) is 13.8 Å². The van der Waals surface area contributed by atoms with Gasteiger partial charge in [-0.3, -0.25) is 23.6 Å². The molecule has 8 nitrogen and oxygen atoms in total. The minimum atomic E-state index is -0.415. The third-order valence-corrected chi connectivity index (χ3v) is 5.12. The van der Waals surface area contributed by atoms with E-state index < -0.39 is 11.2 Å². The first-order valence-electron chi connectivity index (χ1n) is 9.06. The zero-order chi connectivity index (χ0) is 19.2. The van der Waals surface area contributed by atoms with Crippen LogP contribution >= 0.6 is 0 Å². The minimum Gasteiger partial charge on any atom is -0.314 e. The van der Waals surface area contributed by atoms with E-state index in [4.69, 9.17) is 0 Å². The number of aryl methyl sites for hydroxylation is 1. The average molecular weight is 361 g/mol. The molecule has 2 aromatic rings. The van der Waals surface area contributed by atoms with Crippen molar-refractivity contribution < 1.29 is 4.79 Å². The summed E-state index contributed by atoms with van der Waals surface area (Å²) in [6.45, 7) is 8.54. The summed E-state index contributed by atoms with van der Waals surface area (Å²) in [5, 5.41) is 0. The van der Waals surface area contributed by atoms with Crippen molar-refractivity contribution in [3.05, 3.63) is 26.7 Å². The van der Waals surface area contributed by atoms with Crippen LogP contribution in [0.2, 0.25) is 0 Å². The Bertz CT molecular complexity index is 958. The molecule has 0 aromatic carbocycles. The molecule has 3 heterocycles. The number of carbonyl (C=O) groups is 1. The molecule has 142 valence electrons. The second kappa shape index (κ2) is 6.83. The van der Waals surface area contributed by atoms with Crippen LogP contribution in [0.1, 0.15) is 33.0 Å². The second-order valence-electron chi connectivity index (χ2n) is 7.83. The van der Waals surface area contributed by atoms with Crippen molar-refractivity contribution in [2.45, 2.75) is 40.3 Å². The van der Waals surface area contributed by atoms with E-state index in [1.807, 2.05) is 0 Å². The number of carbonyl (C=O) groups excluding carboxylic acids is 1. The van der Waals surface area contributed by atoms with Gasteiger partial charge in [0.05, 0.1) is 13.1 Å². The molecule has 1 aliphatic heterocycles. The largest absolute Gasteiger partial charge is 0.332 e. The monoisotopic (exact) mass is 361 g/mol. The maximum Gasteiger partial charge on any atom is 0.332 e. The van der Waals surface area contributed by atoms with E-state index in [2.05, 4.69) is 23.7 Å². The Morgan fingerprint density at radius 2 is 1.73 bits per heavy atom. The quantitative estimate of drug-likeness (QED) is 0.792. The number of nitrogens with zero attached hydrogens (tertiary/aromatic N) is 5. The summed E-state index contributed by atoms with van der Waals surface area (Å²) in [4.78, 5) is 43.6. The lowest BCUT2D eigenvalue weighted by Gasteiger charge is -2.34. The van der Waals surface area contributed by atoms with E-state index in [1.165, 1.54) is 25.0 Å². The molecular formula is C18H27N5O3. The lowest BCUT2D eigenvalue weighted by Crippen LogP contribution is -2.39. The van der Waals surface area contributed by atoms with Gasteiger partial charge in [-0.15, -0.1) is 0 Å². The van der Waals surface area contributed by atoms with Crippen LogP contribution < -0.4 is 11.2 Å². The summed E-state index contributed by atoms with van der Waals surface area (Å²) in [5.41, 5.74) is -0.171. The molecule has 2 atom stereocenters. The molecule has 0 aliphatic carbocycles. The van der Waals surface area contributed by atoms with Crippen LogP contribution in [0.5, 0.6) is 0 Å². The normalized spacial score (nSPS) is 21.4. The number of fused-ring (bicyclic) bond motifs is 1. The van der Waals surface area contributed by atoms with Crippen LogP contribution in [0.3, 0.4) is 0 Å². The molecule has 2 aromatic heterocycles. The number of piperidine rings is 1. The number of ketones is 1. The molecule has 0 spiro atoms. The molecule has 0 unspecified atom stereocenters. The topological polar surface area (TPSA) is 82.1 Å². The summed E-state index contributed by atoms with van der Waals surface area (Å²) in [6, 6.07) is 0. The van der Waals surface area contributed by atoms with E-state index >= 15 is 0 Å². The smallest absolute Gasteiger partial charge is 0.314 e. The molecule has 8 heteroatoms. The first-order chi connectivity index (χ1) is 12.2. The average Bonchev–Trinajstić information content (AvgIpc) is 2.88. The zero-order valence-electron chi connectivity index (χ0n) is 16.2. The van der Waals surface area contributed by atoms with Crippen LogP contribution in [0.25, 0.3) is 11.2 Å². The molecule has 0 saturated carbocycles. The van der Waals surface area contributed by atoms with Gasteiger partial charge in [0, 0.05) is 27.2 Å². The van der Waals surface area contributed by atoms with Crippen LogP contribution in [-0.2, 0) is 32.0 Å². The van der Waals surface area contributed by atoms with Gasteiger partial charge in [0.25, 0.3) is 5.56 Å². The molecule has 1 saturated heterocycles. The fourth-order valence-corrected chi connectivity index (χ4v) is 4.13. The SMILES string of the molecule is CC(=O)Cn1c(CN2C[C@H](C)C[C@@H](C)C2)nc2c1c(=O)n(C)c(=O)n2C. The molecule has 1 aliphatic rings. The Balaban J connectivity index is 2.14. The molecule has 3 rings (SSSR count). The Labute approximate surface area is 152 Å². The molecule has 0 radical (unpaired) electrons. The highest BCUT2D eigenvalue weighted by Gasteiger charge is 2.25. The molecule has 0 bridgehead atoms. The number of Topliss-reactive ketones (excluding diaryl/α,β-unsaturated/α-hetero) is 1. The Morgan fingerprint density at radius 1 is 1.12 bits per heavy atom. The minimum absolute atomic E-state index is 0.0539. The lowest BCUT2D eigenvalue weighted by molar-refractivity contribution is -0.117. The van der Waals surface area contributed by atoms with Crippen molar-refractivity contribution in [1.29, 1.82) is 0 Å². The summed E-state index contributed by atoms with van der Waals surface area (Å²) in [5.74, 6) is 1.81. The molecule has 1 fully saturated rings. The number of imidazole rings is 1. The van der Waals surface area contributed by atoms with Crippen molar-refractivity contribution in [1.82, 2.24) is 23.6 Å². The predicted molar refractivity (Wildman–Crippen MR) is 99.1 cm³/mol. The fraction of sp³-hybridized carbons (Fsp3) is 0.667. The second-order valence-corrected chi connectivity index (χ2v) is 7.83. The van der Waals surface area contributed by atoms with Gasteiger partial charge < -0.3 is 4.57 Å². The summed E-state index contributed by atoms with van der Waals surface area (Å²) in [6.07, 6.45) is 1.20. The number of hydrogen-bond acceptors (Lipinski definition) is 5. The fourth-order valence-electron chi connectivity index (χ4n) is 4.13. The number of hydrogen-bond donors (Lipinski definition) is 0. The predicted octanol–water partition coefficient (Wildman–Crippen LogP) is 0.501. The van der Waals surface area contributed by atoms with Crippen molar-refractivity contribution in [3.63, 3.8) is 0 Å². The van der Waals surface area contributed by atoms with Crippen LogP contribution in [-0.4, -0.2) is 42.5 Å². The Morgan fingerprint density at radius 3 is 2.31 bits per heavy atom. The van der Waals surface area contributed by atoms with Crippen molar-refractivity contribution in [2.24, 2.45) is 25.9 Å². The molecule has 0 amide bonds. The van der Waals surface area contributed by atoms with E-state index in [0.29, 0.717) is 35.4 Å². The van der Waals surface area contributed by atoms with E-state index in [1.54, 1.807) is 11.6 Å². The number of likely N-dealkylation sites (tertiary alicyclic amines) is 1. The van der Waals surface area contributed by atoms with Gasteiger partial charge in [0.2, 0.25) is 0 Å². The molecule has 26 heavy (non-hydrogen) atoms. The summed E-state index contributed by atoms with van der Waals surface area (Å²) in [7, 11) is 3.05. The maximum absolute atomic E-state index is 12.7. The van der Waals surface area contributed by atoms with Gasteiger partial charge in [0.15, 0.2) is 11.2 Å². The maximum atomic E-state index is 12.7. The number of rotatable bonds is 4. The summed E-state index contributed by atoms with van der Waals surface area (Å²) >= 11 is 0. The standard InChI is InChI=1S/C18H27N5O3/c1-11-6-12(2)8-22(7-11)10-14-19-16-15(23(14)9-13(3)24)17(25)21(5)18(26)20(16)4/h11-12H,6-10H2,1-5H3/t11-,12-/m1/s1. The van der Waals surface area contributed by atoms with Crippen LogP contribution in [0.15, 0.2) is 9.59 Å². The number of aromatic nitrogens is 4. The van der Waals surface area contributed by atoms with Gasteiger partial charge in [-0.2, -0.15) is 0 Å².